The molecule has 26 heavy (non-hydrogen) atoms. The molecule has 7 nitrogen and oxygen atoms in total. The summed E-state index contributed by atoms with van der Waals surface area (Å²) in [6.45, 7) is 0.364. The largest absolute Gasteiger partial charge is 0.493 e. The number of nitrogens with one attached hydrogen (secondary N) is 2. The number of carbonyl (C=O) groups excluding carboxylic acids is 2. The van der Waals surface area contributed by atoms with Gasteiger partial charge >= 0.3 is 11.8 Å². The maximum absolute atomic E-state index is 11.3. The second kappa shape index (κ2) is 9.43. The Morgan fingerprint density at radius 2 is 1.85 bits per heavy atom. The predicted octanol–water partition coefficient (Wildman–Crippen LogP) is 2.12. The Bertz CT molecular complexity index is 807. The third-order valence-electron chi connectivity index (χ3n) is 3.31. The lowest BCUT2D eigenvalue weighted by atomic mass is 10.2. The molecule has 0 atom stereocenters. The van der Waals surface area contributed by atoms with Gasteiger partial charge in [0, 0.05) is 12.1 Å². The maximum Gasteiger partial charge on any atom is 0.329 e. The minimum atomic E-state index is -0.848. The summed E-state index contributed by atoms with van der Waals surface area (Å²) in [6, 6.07) is 12.5. The molecular formula is C18H18ClN3O4. The fourth-order valence-electron chi connectivity index (χ4n) is 1.96. The molecule has 0 aliphatic rings. The van der Waals surface area contributed by atoms with E-state index < -0.39 is 11.8 Å². The lowest BCUT2D eigenvalue weighted by Gasteiger charge is -2.11. The van der Waals surface area contributed by atoms with Gasteiger partial charge in [-0.2, -0.15) is 5.10 Å². The van der Waals surface area contributed by atoms with Gasteiger partial charge in [-0.25, -0.2) is 5.43 Å². The first-order valence-electron chi connectivity index (χ1n) is 7.64. The van der Waals surface area contributed by atoms with Gasteiger partial charge in [-0.1, -0.05) is 23.7 Å². The Morgan fingerprint density at radius 3 is 2.50 bits per heavy atom. The normalized spacial score (nSPS) is 10.4. The zero-order valence-corrected chi connectivity index (χ0v) is 15.0. The van der Waals surface area contributed by atoms with Crippen LogP contribution in [0.4, 0.5) is 0 Å². The van der Waals surface area contributed by atoms with Gasteiger partial charge in [-0.05, 0) is 41.5 Å². The van der Waals surface area contributed by atoms with Crippen LogP contribution in [0.25, 0.3) is 0 Å². The van der Waals surface area contributed by atoms with Crippen LogP contribution in [0.5, 0.6) is 11.5 Å². The van der Waals surface area contributed by atoms with E-state index in [1.807, 2.05) is 12.1 Å². The van der Waals surface area contributed by atoms with Crippen LogP contribution in [0.15, 0.2) is 47.6 Å². The van der Waals surface area contributed by atoms with Crippen LogP contribution >= 0.6 is 11.6 Å². The van der Waals surface area contributed by atoms with Gasteiger partial charge < -0.3 is 14.8 Å². The van der Waals surface area contributed by atoms with Gasteiger partial charge in [0.15, 0.2) is 11.5 Å². The van der Waals surface area contributed by atoms with Crippen LogP contribution in [0.2, 0.25) is 5.02 Å². The van der Waals surface area contributed by atoms with Gasteiger partial charge in [-0.3, -0.25) is 9.59 Å². The summed E-state index contributed by atoms with van der Waals surface area (Å²) in [6.07, 6.45) is 1.40. The Morgan fingerprint density at radius 1 is 1.12 bits per heavy atom. The second-order valence-corrected chi connectivity index (χ2v) is 5.54. The first-order valence-corrected chi connectivity index (χ1v) is 8.01. The maximum atomic E-state index is 11.3. The van der Waals surface area contributed by atoms with Crippen molar-refractivity contribution in [3.8, 4) is 11.5 Å². The Balaban J connectivity index is 2.01. The average molecular weight is 376 g/mol. The van der Waals surface area contributed by atoms with Crippen molar-refractivity contribution in [2.75, 3.05) is 14.2 Å². The molecule has 0 saturated carbocycles. The smallest absolute Gasteiger partial charge is 0.329 e. The zero-order chi connectivity index (χ0) is 18.9. The molecule has 2 rings (SSSR count). The minimum Gasteiger partial charge on any atom is -0.493 e. The SMILES string of the molecule is CNC(=O)C(=O)N/N=C\c1ccc(OCc2ccc(Cl)cc2)c(OC)c1. The molecule has 2 N–H and O–H groups in total. The van der Waals surface area contributed by atoms with E-state index in [4.69, 9.17) is 21.1 Å². The number of hydrazone groups is 1. The molecule has 8 heteroatoms. The van der Waals surface area contributed by atoms with Crippen molar-refractivity contribution in [2.45, 2.75) is 6.61 Å². The number of nitrogens with zero attached hydrogens (tertiary/aromatic N) is 1. The molecule has 0 aliphatic carbocycles. The first-order chi connectivity index (χ1) is 12.5. The third-order valence-corrected chi connectivity index (χ3v) is 3.56. The van der Waals surface area contributed by atoms with Crippen molar-refractivity contribution in [1.29, 1.82) is 0 Å². The van der Waals surface area contributed by atoms with Crippen LogP contribution in [-0.2, 0) is 16.2 Å². The molecule has 0 radical (unpaired) electrons. The van der Waals surface area contributed by atoms with Gasteiger partial charge in [-0.15, -0.1) is 0 Å². The number of likely N-dealkylation sites (N-methyl/N-ethyl adjacent to an activating group) is 1. The summed E-state index contributed by atoms with van der Waals surface area (Å²) >= 11 is 5.86. The second-order valence-electron chi connectivity index (χ2n) is 5.10. The molecule has 0 bridgehead atoms. The number of benzene rings is 2. The minimum absolute atomic E-state index is 0.364. The molecule has 0 unspecified atom stereocenters. The highest BCUT2D eigenvalue weighted by Crippen LogP contribution is 2.28. The molecule has 0 fully saturated rings. The molecule has 0 aromatic heterocycles. The zero-order valence-electron chi connectivity index (χ0n) is 14.3. The number of hydrogen-bond donors (Lipinski definition) is 2. The van der Waals surface area contributed by atoms with Crippen molar-refractivity contribution in [1.82, 2.24) is 10.7 Å². The van der Waals surface area contributed by atoms with Crippen molar-refractivity contribution in [3.63, 3.8) is 0 Å². The van der Waals surface area contributed by atoms with Crippen LogP contribution in [-0.4, -0.2) is 32.2 Å². The average Bonchev–Trinajstić information content (AvgIpc) is 2.67. The molecule has 2 amide bonds. The number of rotatable bonds is 6. The Kier molecular flexibility index (Phi) is 6.99. The van der Waals surface area contributed by atoms with Crippen LogP contribution < -0.4 is 20.2 Å². The molecule has 2 aromatic carbocycles. The summed E-state index contributed by atoms with van der Waals surface area (Å²) in [5.74, 6) is -0.543. The highest BCUT2D eigenvalue weighted by Gasteiger charge is 2.09. The molecule has 0 aliphatic heterocycles. The standard InChI is InChI=1S/C18H18ClN3O4/c1-20-17(23)18(24)22-21-10-13-5-8-15(16(9-13)25-2)26-11-12-3-6-14(19)7-4-12/h3-10H,11H2,1-2H3,(H,20,23)(H,22,24)/b21-10-. The number of ether oxygens (including phenoxy) is 2. The van der Waals surface area contributed by atoms with Crippen molar-refractivity contribution in [2.24, 2.45) is 5.10 Å². The lowest BCUT2D eigenvalue weighted by molar-refractivity contribution is -0.138. The van der Waals surface area contributed by atoms with Gasteiger partial charge in [0.2, 0.25) is 0 Å². The molecular weight excluding hydrogens is 358 g/mol. The predicted molar refractivity (Wildman–Crippen MR) is 98.6 cm³/mol. The lowest BCUT2D eigenvalue weighted by Crippen LogP contribution is -2.35. The summed E-state index contributed by atoms with van der Waals surface area (Å²) in [5, 5.41) is 6.59. The van der Waals surface area contributed by atoms with Crippen LogP contribution in [0.1, 0.15) is 11.1 Å². The fraction of sp³-hybridized carbons (Fsp3) is 0.167. The quantitative estimate of drug-likeness (QED) is 0.460. The molecule has 2 aromatic rings. The van der Waals surface area contributed by atoms with Gasteiger partial charge in [0.1, 0.15) is 6.61 Å². The monoisotopic (exact) mass is 375 g/mol. The van der Waals surface area contributed by atoms with Crippen molar-refractivity contribution in [3.05, 3.63) is 58.6 Å². The number of methoxy groups -OCH3 is 1. The third kappa shape index (κ3) is 5.49. The van der Waals surface area contributed by atoms with E-state index in [9.17, 15) is 9.59 Å². The van der Waals surface area contributed by atoms with Crippen molar-refractivity contribution < 1.29 is 19.1 Å². The number of halogens is 1. The number of carbonyl (C=O) groups is 2. The van der Waals surface area contributed by atoms with Gasteiger partial charge in [0.05, 0.1) is 13.3 Å². The van der Waals surface area contributed by atoms with E-state index in [2.05, 4.69) is 15.8 Å². The topological polar surface area (TPSA) is 89.0 Å². The molecule has 0 spiro atoms. The number of amides is 2. The summed E-state index contributed by atoms with van der Waals surface area (Å²) in [4.78, 5) is 22.4. The van der Waals surface area contributed by atoms with Crippen molar-refractivity contribution >= 4 is 29.6 Å². The molecule has 0 saturated heterocycles. The van der Waals surface area contributed by atoms with E-state index in [1.54, 1.807) is 30.3 Å². The van der Waals surface area contributed by atoms with Crippen LogP contribution in [0.3, 0.4) is 0 Å². The Labute approximate surface area is 155 Å². The van der Waals surface area contributed by atoms with E-state index in [0.29, 0.717) is 28.7 Å². The fourth-order valence-corrected chi connectivity index (χ4v) is 2.08. The summed E-state index contributed by atoms with van der Waals surface area (Å²) in [5.41, 5.74) is 3.76. The van der Waals surface area contributed by atoms with E-state index in [-0.39, 0.29) is 0 Å². The molecule has 0 heterocycles. The first kappa shape index (κ1) is 19.3. The Hall–Kier alpha value is -3.06. The van der Waals surface area contributed by atoms with E-state index >= 15 is 0 Å². The summed E-state index contributed by atoms with van der Waals surface area (Å²) in [7, 11) is 2.89. The van der Waals surface area contributed by atoms with Gasteiger partial charge in [0.25, 0.3) is 0 Å². The highest BCUT2D eigenvalue weighted by molar-refractivity contribution is 6.35. The summed E-state index contributed by atoms with van der Waals surface area (Å²) < 4.78 is 11.1. The molecule has 136 valence electrons. The number of hydrogen-bond acceptors (Lipinski definition) is 5. The highest BCUT2D eigenvalue weighted by atomic mass is 35.5. The van der Waals surface area contributed by atoms with E-state index in [1.165, 1.54) is 20.4 Å². The van der Waals surface area contributed by atoms with E-state index in [0.717, 1.165) is 5.56 Å². The van der Waals surface area contributed by atoms with Crippen LogP contribution in [0, 0.1) is 0 Å².